The average molecular weight is 389 g/mol. The summed E-state index contributed by atoms with van der Waals surface area (Å²) < 4.78 is 0. The van der Waals surface area contributed by atoms with Crippen molar-refractivity contribution in [1.29, 1.82) is 0 Å². The van der Waals surface area contributed by atoms with Gasteiger partial charge in [0.05, 0.1) is 0 Å². The van der Waals surface area contributed by atoms with Gasteiger partial charge in [-0.05, 0) is 95.7 Å². The first-order chi connectivity index (χ1) is 13.1. The zero-order chi connectivity index (χ0) is 20.7. The first kappa shape index (κ1) is 20.8. The summed E-state index contributed by atoms with van der Waals surface area (Å²) in [5, 5.41) is 4.60. The summed E-state index contributed by atoms with van der Waals surface area (Å²) in [5.74, 6) is 0. The van der Waals surface area contributed by atoms with Gasteiger partial charge in [0, 0.05) is 0 Å². The Balaban J connectivity index is 2.45. The number of benzene rings is 3. The highest BCUT2D eigenvalue weighted by atomic mass is 31.1. The molecule has 0 aliphatic rings. The summed E-state index contributed by atoms with van der Waals surface area (Å²) in [4.78, 5) is 0. The Kier molecular flexibility index (Phi) is 5.83. The highest BCUT2D eigenvalue weighted by Gasteiger charge is 2.40. The molecule has 0 aliphatic carbocycles. The molecule has 0 spiro atoms. The molecule has 3 aromatic rings. The standard InChI is InChI=1S/C27H33P/c1-16-10-19(4)25(20(5)11-16)28(26-21(6)12-17(2)13-22(26)7)27-23(8)14-18(3)15-24(27)9/h10-15H,1-9H3/q+1. The lowest BCUT2D eigenvalue weighted by molar-refractivity contribution is 1.34. The quantitative estimate of drug-likeness (QED) is 0.467. The molecule has 3 rings (SSSR count). The smallest absolute Gasteiger partial charge is 0.0523 e. The Morgan fingerprint density at radius 1 is 0.357 bits per heavy atom. The van der Waals surface area contributed by atoms with Crippen molar-refractivity contribution in [2.45, 2.75) is 62.3 Å². The van der Waals surface area contributed by atoms with Crippen LogP contribution in [-0.2, 0) is 0 Å². The first-order valence-electron chi connectivity index (χ1n) is 10.1. The van der Waals surface area contributed by atoms with E-state index in [4.69, 9.17) is 0 Å². The number of aryl methyl sites for hydroxylation is 9. The van der Waals surface area contributed by atoms with Crippen LogP contribution >= 0.6 is 7.92 Å². The highest BCUT2D eigenvalue weighted by molar-refractivity contribution is 7.80. The summed E-state index contributed by atoms with van der Waals surface area (Å²) in [5.41, 5.74) is 12.6. The molecule has 145 valence electrons. The molecule has 0 fully saturated rings. The summed E-state index contributed by atoms with van der Waals surface area (Å²) in [7, 11) is -0.608. The molecule has 0 N–H and O–H groups in total. The van der Waals surface area contributed by atoms with Crippen LogP contribution in [0.4, 0.5) is 0 Å². The van der Waals surface area contributed by atoms with Gasteiger partial charge in [-0.1, -0.05) is 53.1 Å². The van der Waals surface area contributed by atoms with Crippen LogP contribution in [-0.4, -0.2) is 0 Å². The van der Waals surface area contributed by atoms with Crippen LogP contribution in [0.5, 0.6) is 0 Å². The average Bonchev–Trinajstić information content (AvgIpc) is 2.51. The monoisotopic (exact) mass is 388 g/mol. The molecule has 0 heterocycles. The topological polar surface area (TPSA) is 0 Å². The van der Waals surface area contributed by atoms with Crippen molar-refractivity contribution in [1.82, 2.24) is 0 Å². The summed E-state index contributed by atoms with van der Waals surface area (Å²) in [6.07, 6.45) is 0. The fourth-order valence-corrected chi connectivity index (χ4v) is 8.09. The van der Waals surface area contributed by atoms with Gasteiger partial charge >= 0.3 is 0 Å². The van der Waals surface area contributed by atoms with Crippen LogP contribution < -0.4 is 15.9 Å². The van der Waals surface area contributed by atoms with Crippen LogP contribution in [0.1, 0.15) is 50.1 Å². The van der Waals surface area contributed by atoms with E-state index in [9.17, 15) is 0 Å². The maximum absolute atomic E-state index is 2.36. The largest absolute Gasteiger partial charge is 0.248 e. The molecule has 1 radical (unpaired) electrons. The molecule has 1 heteroatoms. The predicted octanol–water partition coefficient (Wildman–Crippen LogP) is 6.22. The van der Waals surface area contributed by atoms with Gasteiger partial charge in [-0.15, -0.1) is 0 Å². The van der Waals surface area contributed by atoms with Crippen molar-refractivity contribution < 1.29 is 0 Å². The van der Waals surface area contributed by atoms with E-state index in [0.717, 1.165) is 0 Å². The van der Waals surface area contributed by atoms with Gasteiger partial charge in [0.15, 0.2) is 0 Å². The second-order valence-corrected chi connectivity index (χ2v) is 10.6. The van der Waals surface area contributed by atoms with Crippen molar-refractivity contribution in [3.05, 3.63) is 86.5 Å². The van der Waals surface area contributed by atoms with E-state index >= 15 is 0 Å². The van der Waals surface area contributed by atoms with Gasteiger partial charge in [-0.25, -0.2) is 0 Å². The van der Waals surface area contributed by atoms with E-state index in [1.807, 2.05) is 0 Å². The molecule has 0 saturated carbocycles. The molecule has 0 unspecified atom stereocenters. The number of hydrogen-bond donors (Lipinski definition) is 0. The Bertz CT molecular complexity index is 850. The fourth-order valence-electron chi connectivity index (χ4n) is 4.91. The van der Waals surface area contributed by atoms with Crippen LogP contribution in [0.25, 0.3) is 0 Å². The minimum atomic E-state index is -0.608. The second kappa shape index (κ2) is 7.84. The van der Waals surface area contributed by atoms with Crippen molar-refractivity contribution >= 4 is 23.8 Å². The normalized spacial score (nSPS) is 11.4. The van der Waals surface area contributed by atoms with E-state index in [0.29, 0.717) is 0 Å². The van der Waals surface area contributed by atoms with Crippen molar-refractivity contribution in [3.63, 3.8) is 0 Å². The summed E-state index contributed by atoms with van der Waals surface area (Å²) in [6.45, 7) is 20.4. The predicted molar refractivity (Wildman–Crippen MR) is 128 cm³/mol. The molecule has 0 amide bonds. The SMILES string of the molecule is Cc1cc(C)c([P+](c2c(C)cc(C)cc2C)c2c(C)cc(C)cc2C)c(C)c1. The minimum Gasteiger partial charge on any atom is -0.0523 e. The molecular weight excluding hydrogens is 355 g/mol. The Morgan fingerprint density at radius 3 is 0.714 bits per heavy atom. The van der Waals surface area contributed by atoms with E-state index in [-0.39, 0.29) is 0 Å². The maximum atomic E-state index is 2.36. The minimum absolute atomic E-state index is 0.608. The third kappa shape index (κ3) is 3.81. The number of rotatable bonds is 3. The Hall–Kier alpha value is -1.91. The van der Waals surface area contributed by atoms with Gasteiger partial charge < -0.3 is 0 Å². The number of hydrogen-bond acceptors (Lipinski definition) is 0. The lowest BCUT2D eigenvalue weighted by Crippen LogP contribution is -2.30. The van der Waals surface area contributed by atoms with Crippen LogP contribution in [0, 0.1) is 62.3 Å². The second-order valence-electron chi connectivity index (χ2n) is 8.58. The zero-order valence-electron chi connectivity index (χ0n) is 18.9. The third-order valence-electron chi connectivity index (χ3n) is 5.58. The highest BCUT2D eigenvalue weighted by Crippen LogP contribution is 2.40. The van der Waals surface area contributed by atoms with Gasteiger partial charge in [-0.2, -0.15) is 0 Å². The maximum Gasteiger partial charge on any atom is 0.248 e. The van der Waals surface area contributed by atoms with Gasteiger partial charge in [0.25, 0.3) is 0 Å². The Morgan fingerprint density at radius 2 is 0.536 bits per heavy atom. The fraction of sp³-hybridized carbons (Fsp3) is 0.333. The molecule has 0 aromatic heterocycles. The van der Waals surface area contributed by atoms with Gasteiger partial charge in [0.2, 0.25) is 7.92 Å². The molecule has 0 nitrogen and oxygen atoms in total. The van der Waals surface area contributed by atoms with Crippen LogP contribution in [0.3, 0.4) is 0 Å². The lowest BCUT2D eigenvalue weighted by atomic mass is 10.1. The third-order valence-corrected chi connectivity index (χ3v) is 9.03. The summed E-state index contributed by atoms with van der Waals surface area (Å²) >= 11 is 0. The van der Waals surface area contributed by atoms with Crippen LogP contribution in [0.2, 0.25) is 0 Å². The van der Waals surface area contributed by atoms with Crippen molar-refractivity contribution in [3.8, 4) is 0 Å². The Labute approximate surface area is 172 Å². The molecular formula is C27H33P+. The lowest BCUT2D eigenvalue weighted by Gasteiger charge is -2.18. The van der Waals surface area contributed by atoms with E-state index in [1.54, 1.807) is 0 Å². The van der Waals surface area contributed by atoms with E-state index < -0.39 is 7.92 Å². The van der Waals surface area contributed by atoms with Gasteiger partial charge in [-0.3, -0.25) is 0 Å². The van der Waals surface area contributed by atoms with Crippen LogP contribution in [0.15, 0.2) is 36.4 Å². The van der Waals surface area contributed by atoms with E-state index in [1.165, 1.54) is 66.0 Å². The first-order valence-corrected chi connectivity index (χ1v) is 11.5. The summed E-state index contributed by atoms with van der Waals surface area (Å²) in [6, 6.07) is 14.1. The molecule has 0 saturated heterocycles. The molecule has 0 bridgehead atoms. The van der Waals surface area contributed by atoms with E-state index in [2.05, 4.69) is 98.7 Å². The molecule has 3 aromatic carbocycles. The molecule has 0 aliphatic heterocycles. The zero-order valence-corrected chi connectivity index (χ0v) is 19.8. The van der Waals surface area contributed by atoms with Crippen molar-refractivity contribution in [2.24, 2.45) is 0 Å². The van der Waals surface area contributed by atoms with Crippen molar-refractivity contribution in [2.75, 3.05) is 0 Å². The van der Waals surface area contributed by atoms with Gasteiger partial charge in [0.1, 0.15) is 15.9 Å². The molecule has 0 atom stereocenters. The molecule has 28 heavy (non-hydrogen) atoms.